The van der Waals surface area contributed by atoms with E-state index in [1.807, 2.05) is 20.8 Å². The molecule has 0 aliphatic carbocycles. The van der Waals surface area contributed by atoms with E-state index in [4.69, 9.17) is 15.2 Å². The smallest absolute Gasteiger partial charge is 0.271 e. The van der Waals surface area contributed by atoms with E-state index in [2.05, 4.69) is 31.3 Å². The second-order valence-corrected chi connectivity index (χ2v) is 5.62. The molecular weight excluding hydrogens is 352 g/mol. The number of aromatic amines is 1. The maximum Gasteiger partial charge on any atom is 0.271 e. The number of primary amides is 1. The van der Waals surface area contributed by atoms with E-state index in [0.717, 1.165) is 0 Å². The van der Waals surface area contributed by atoms with Crippen LogP contribution in [0.25, 0.3) is 11.3 Å². The van der Waals surface area contributed by atoms with Gasteiger partial charge in [0.2, 0.25) is 0 Å². The minimum atomic E-state index is -0.656. The van der Waals surface area contributed by atoms with Gasteiger partial charge in [-0.1, -0.05) is 0 Å². The molecule has 7 nitrogen and oxygen atoms in total. The Morgan fingerprint density at radius 1 is 1.36 bits per heavy atom. The van der Waals surface area contributed by atoms with Crippen molar-refractivity contribution in [1.29, 1.82) is 0 Å². The number of ether oxygens (including phenoxy) is 2. The lowest BCUT2D eigenvalue weighted by Crippen LogP contribution is -2.13. The van der Waals surface area contributed by atoms with Gasteiger partial charge in [-0.3, -0.25) is 4.79 Å². The van der Waals surface area contributed by atoms with E-state index in [1.54, 1.807) is 12.1 Å². The van der Waals surface area contributed by atoms with Crippen LogP contribution in [0.5, 0.6) is 11.5 Å². The molecule has 1 heterocycles. The number of hydrogen-bond donors (Lipinski definition) is 2. The first-order valence-corrected chi connectivity index (χ1v) is 7.57. The van der Waals surface area contributed by atoms with Gasteiger partial charge in [0, 0.05) is 10.0 Å². The number of amides is 1. The first kappa shape index (κ1) is 16.3. The van der Waals surface area contributed by atoms with Gasteiger partial charge in [0.15, 0.2) is 17.2 Å². The number of nitrogens with one attached hydrogen (secondary N) is 1. The predicted octanol–water partition coefficient (Wildman–Crippen LogP) is 2.52. The van der Waals surface area contributed by atoms with Gasteiger partial charge in [0.05, 0.1) is 12.7 Å². The van der Waals surface area contributed by atoms with Crippen molar-refractivity contribution in [2.24, 2.45) is 5.73 Å². The van der Waals surface area contributed by atoms with E-state index in [-0.39, 0.29) is 11.8 Å². The molecule has 1 aromatic carbocycles. The second kappa shape index (κ2) is 6.78. The van der Waals surface area contributed by atoms with Gasteiger partial charge in [-0.25, -0.2) is 0 Å². The maximum absolute atomic E-state index is 11.4. The highest BCUT2D eigenvalue weighted by Crippen LogP contribution is 2.39. The molecule has 0 aliphatic rings. The minimum absolute atomic E-state index is 0.00480. The van der Waals surface area contributed by atoms with Gasteiger partial charge >= 0.3 is 0 Å². The molecule has 0 saturated carbocycles. The van der Waals surface area contributed by atoms with Crippen molar-refractivity contribution in [3.63, 3.8) is 0 Å². The number of rotatable bonds is 6. The molecule has 118 valence electrons. The highest BCUT2D eigenvalue weighted by atomic mass is 79.9. The molecule has 2 aromatic rings. The van der Waals surface area contributed by atoms with Crippen LogP contribution in [0.1, 0.15) is 31.3 Å². The molecule has 0 aliphatic heterocycles. The van der Waals surface area contributed by atoms with E-state index >= 15 is 0 Å². The topological polar surface area (TPSA) is 103 Å². The minimum Gasteiger partial charge on any atom is -0.490 e. The molecule has 0 spiro atoms. The molecule has 0 unspecified atom stereocenters. The van der Waals surface area contributed by atoms with Crippen molar-refractivity contribution in [2.45, 2.75) is 26.9 Å². The van der Waals surface area contributed by atoms with Crippen LogP contribution in [0.2, 0.25) is 0 Å². The molecule has 0 fully saturated rings. The number of carbonyl (C=O) groups is 1. The van der Waals surface area contributed by atoms with E-state index in [0.29, 0.717) is 33.8 Å². The highest BCUT2D eigenvalue weighted by Gasteiger charge is 2.20. The monoisotopic (exact) mass is 368 g/mol. The third-order valence-electron chi connectivity index (χ3n) is 2.73. The van der Waals surface area contributed by atoms with E-state index in [9.17, 15) is 4.79 Å². The van der Waals surface area contributed by atoms with Gasteiger partial charge in [-0.05, 0) is 48.8 Å². The van der Waals surface area contributed by atoms with Crippen LogP contribution in [0.3, 0.4) is 0 Å². The predicted molar refractivity (Wildman–Crippen MR) is 85.0 cm³/mol. The highest BCUT2D eigenvalue weighted by molar-refractivity contribution is 9.10. The number of benzene rings is 1. The van der Waals surface area contributed by atoms with Crippen molar-refractivity contribution in [3.05, 3.63) is 22.3 Å². The molecule has 0 bridgehead atoms. The summed E-state index contributed by atoms with van der Waals surface area (Å²) in [7, 11) is 0. The fourth-order valence-corrected chi connectivity index (χ4v) is 2.43. The summed E-state index contributed by atoms with van der Waals surface area (Å²) in [6.07, 6.45) is 0.00480. The average molecular weight is 369 g/mol. The van der Waals surface area contributed by atoms with Crippen molar-refractivity contribution in [2.75, 3.05) is 6.61 Å². The lowest BCUT2D eigenvalue weighted by molar-refractivity contribution is 0.0996. The second-order valence-electron chi connectivity index (χ2n) is 4.76. The molecule has 3 N–H and O–H groups in total. The average Bonchev–Trinajstić information content (AvgIpc) is 2.90. The Morgan fingerprint density at radius 3 is 2.68 bits per heavy atom. The summed E-state index contributed by atoms with van der Waals surface area (Å²) in [4.78, 5) is 11.4. The zero-order chi connectivity index (χ0) is 16.3. The van der Waals surface area contributed by atoms with Crippen LogP contribution < -0.4 is 15.2 Å². The normalized spacial score (nSPS) is 10.8. The van der Waals surface area contributed by atoms with Crippen LogP contribution in [0.4, 0.5) is 0 Å². The zero-order valence-corrected chi connectivity index (χ0v) is 14.1. The standard InChI is InChI=1S/C14H17BrN4O3/c1-4-21-10-5-8(9(15)6-11(10)22-7(2)3)12-13(14(16)20)18-19-17-12/h5-7H,4H2,1-3H3,(H2,16,20)(H,17,18,19). The van der Waals surface area contributed by atoms with E-state index < -0.39 is 5.91 Å². The van der Waals surface area contributed by atoms with Gasteiger partial charge < -0.3 is 15.2 Å². The summed E-state index contributed by atoms with van der Waals surface area (Å²) in [5.74, 6) is 0.514. The number of nitrogens with zero attached hydrogens (tertiary/aromatic N) is 2. The molecular formula is C14H17BrN4O3. The maximum atomic E-state index is 11.4. The van der Waals surface area contributed by atoms with E-state index in [1.165, 1.54) is 0 Å². The Morgan fingerprint density at radius 2 is 2.09 bits per heavy atom. The molecule has 0 radical (unpaired) electrons. The summed E-state index contributed by atoms with van der Waals surface area (Å²) in [6, 6.07) is 3.52. The van der Waals surface area contributed by atoms with Gasteiger partial charge in [-0.2, -0.15) is 15.4 Å². The van der Waals surface area contributed by atoms with Crippen LogP contribution in [-0.4, -0.2) is 34.0 Å². The largest absolute Gasteiger partial charge is 0.490 e. The summed E-state index contributed by atoms with van der Waals surface area (Å²) >= 11 is 3.46. The van der Waals surface area contributed by atoms with Gasteiger partial charge in [0.1, 0.15) is 5.69 Å². The first-order chi connectivity index (χ1) is 10.4. The molecule has 0 saturated heterocycles. The van der Waals surface area contributed by atoms with Crippen LogP contribution in [0, 0.1) is 0 Å². The van der Waals surface area contributed by atoms with Crippen LogP contribution in [0.15, 0.2) is 16.6 Å². The molecule has 1 aromatic heterocycles. The van der Waals surface area contributed by atoms with Crippen LogP contribution >= 0.6 is 15.9 Å². The quantitative estimate of drug-likeness (QED) is 0.815. The Balaban J connectivity index is 2.55. The van der Waals surface area contributed by atoms with Crippen LogP contribution in [-0.2, 0) is 0 Å². The summed E-state index contributed by atoms with van der Waals surface area (Å²) in [6.45, 7) is 6.23. The molecule has 2 rings (SSSR count). The van der Waals surface area contributed by atoms with Gasteiger partial charge in [0.25, 0.3) is 5.91 Å². The fraction of sp³-hybridized carbons (Fsp3) is 0.357. The summed E-state index contributed by atoms with van der Waals surface area (Å²) in [5.41, 5.74) is 6.37. The third kappa shape index (κ3) is 3.38. The third-order valence-corrected chi connectivity index (χ3v) is 3.39. The number of carbonyl (C=O) groups excluding carboxylic acids is 1. The Kier molecular flexibility index (Phi) is 5.02. The summed E-state index contributed by atoms with van der Waals surface area (Å²) < 4.78 is 12.0. The number of halogens is 1. The van der Waals surface area contributed by atoms with Crippen molar-refractivity contribution < 1.29 is 14.3 Å². The number of nitrogens with two attached hydrogens (primary N) is 1. The lowest BCUT2D eigenvalue weighted by atomic mass is 10.1. The molecule has 22 heavy (non-hydrogen) atoms. The molecule has 1 amide bonds. The Bertz CT molecular complexity index is 685. The zero-order valence-electron chi connectivity index (χ0n) is 12.5. The van der Waals surface area contributed by atoms with Gasteiger partial charge in [-0.15, -0.1) is 0 Å². The Labute approximate surface area is 136 Å². The lowest BCUT2D eigenvalue weighted by Gasteiger charge is -2.16. The Hall–Kier alpha value is -2.09. The molecule has 8 heteroatoms. The SMILES string of the molecule is CCOc1cc(-c2n[nH]nc2C(N)=O)c(Br)cc1OC(C)C. The number of aromatic nitrogens is 3. The first-order valence-electron chi connectivity index (χ1n) is 6.78. The van der Waals surface area contributed by atoms with Crippen molar-refractivity contribution in [3.8, 4) is 22.8 Å². The van der Waals surface area contributed by atoms with Crippen molar-refractivity contribution >= 4 is 21.8 Å². The number of hydrogen-bond acceptors (Lipinski definition) is 5. The number of H-pyrrole nitrogens is 1. The van der Waals surface area contributed by atoms with Crippen molar-refractivity contribution in [1.82, 2.24) is 15.4 Å². The summed E-state index contributed by atoms with van der Waals surface area (Å²) in [5, 5.41) is 10.2. The fourth-order valence-electron chi connectivity index (χ4n) is 1.92. The molecule has 0 atom stereocenters.